The summed E-state index contributed by atoms with van der Waals surface area (Å²) in [6.45, 7) is 7.39. The van der Waals surface area contributed by atoms with Crippen LogP contribution in [0.1, 0.15) is 39.7 Å². The van der Waals surface area contributed by atoms with Crippen molar-refractivity contribution in [1.29, 1.82) is 0 Å². The molecule has 1 rings (SSSR count). The molecule has 1 aromatic rings. The van der Waals surface area contributed by atoms with Crippen LogP contribution < -0.4 is 16.0 Å². The van der Waals surface area contributed by atoms with Crippen LogP contribution >= 0.6 is 0 Å². The van der Waals surface area contributed by atoms with Gasteiger partial charge in [0.25, 0.3) is 0 Å². The van der Waals surface area contributed by atoms with Gasteiger partial charge in [-0.25, -0.2) is 4.79 Å². The summed E-state index contributed by atoms with van der Waals surface area (Å²) in [5, 5.41) is 8.18. The number of amides is 4. The summed E-state index contributed by atoms with van der Waals surface area (Å²) in [6, 6.07) is 6.18. The van der Waals surface area contributed by atoms with E-state index in [1.807, 2.05) is 26.0 Å². The Morgan fingerprint density at radius 2 is 1.76 bits per heavy atom. The molecule has 25 heavy (non-hydrogen) atoms. The highest BCUT2D eigenvalue weighted by molar-refractivity contribution is 5.94. The highest BCUT2D eigenvalue weighted by Gasteiger charge is 2.17. The van der Waals surface area contributed by atoms with Gasteiger partial charge < -0.3 is 20.9 Å². The Bertz CT molecular complexity index is 618. The van der Waals surface area contributed by atoms with Crippen molar-refractivity contribution in [2.45, 2.75) is 52.7 Å². The summed E-state index contributed by atoms with van der Waals surface area (Å²) in [5.74, 6) is -0.288. The number of nitrogens with one attached hydrogen (secondary N) is 3. The molecule has 138 valence electrons. The van der Waals surface area contributed by atoms with Gasteiger partial charge in [0.15, 0.2) is 0 Å². The van der Waals surface area contributed by atoms with Crippen LogP contribution in [-0.2, 0) is 16.1 Å². The van der Waals surface area contributed by atoms with E-state index in [2.05, 4.69) is 16.0 Å². The topological polar surface area (TPSA) is 90.5 Å². The van der Waals surface area contributed by atoms with Gasteiger partial charge in [-0.2, -0.15) is 0 Å². The number of carbonyl (C=O) groups excluding carboxylic acids is 3. The molecule has 1 aromatic carbocycles. The fourth-order valence-corrected chi connectivity index (χ4v) is 2.04. The van der Waals surface area contributed by atoms with Crippen molar-refractivity contribution >= 4 is 23.5 Å². The first kappa shape index (κ1) is 20.5. The highest BCUT2D eigenvalue weighted by Crippen LogP contribution is 2.16. The van der Waals surface area contributed by atoms with Gasteiger partial charge in [-0.1, -0.05) is 25.1 Å². The summed E-state index contributed by atoms with van der Waals surface area (Å²) < 4.78 is 0. The van der Waals surface area contributed by atoms with Crippen molar-refractivity contribution in [2.75, 3.05) is 12.4 Å². The van der Waals surface area contributed by atoms with Crippen LogP contribution in [0, 0.1) is 0 Å². The number of para-hydroxylation sites is 1. The van der Waals surface area contributed by atoms with E-state index in [-0.39, 0.29) is 17.9 Å². The second-order valence-electron chi connectivity index (χ2n) is 6.17. The maximum atomic E-state index is 12.2. The molecule has 0 fully saturated rings. The van der Waals surface area contributed by atoms with E-state index >= 15 is 0 Å². The summed E-state index contributed by atoms with van der Waals surface area (Å²) in [4.78, 5) is 37.1. The maximum Gasteiger partial charge on any atom is 0.319 e. The number of urea groups is 1. The SMILES string of the molecule is CCC(C)NC(=O)C(C)NC(=O)Nc1ccccc1CN(C)C(C)=O. The fourth-order valence-electron chi connectivity index (χ4n) is 2.04. The lowest BCUT2D eigenvalue weighted by Crippen LogP contribution is -2.48. The van der Waals surface area contributed by atoms with Gasteiger partial charge in [0.1, 0.15) is 6.04 Å². The molecular formula is C18H28N4O3. The van der Waals surface area contributed by atoms with Crippen LogP contribution in [0.25, 0.3) is 0 Å². The Morgan fingerprint density at radius 1 is 1.12 bits per heavy atom. The Labute approximate surface area is 149 Å². The molecule has 3 N–H and O–H groups in total. The largest absolute Gasteiger partial charge is 0.352 e. The number of benzene rings is 1. The molecule has 4 amide bonds. The first-order valence-corrected chi connectivity index (χ1v) is 8.42. The zero-order valence-electron chi connectivity index (χ0n) is 15.6. The summed E-state index contributed by atoms with van der Waals surface area (Å²) >= 11 is 0. The minimum absolute atomic E-state index is 0.0580. The predicted octanol–water partition coefficient (Wildman–Crippen LogP) is 2.09. The summed E-state index contributed by atoms with van der Waals surface area (Å²) in [5.41, 5.74) is 1.41. The third-order valence-electron chi connectivity index (χ3n) is 3.95. The van der Waals surface area contributed by atoms with Gasteiger partial charge >= 0.3 is 6.03 Å². The van der Waals surface area contributed by atoms with E-state index < -0.39 is 12.1 Å². The number of hydrogen-bond donors (Lipinski definition) is 3. The van der Waals surface area contributed by atoms with Crippen LogP contribution in [0.15, 0.2) is 24.3 Å². The van der Waals surface area contributed by atoms with Crippen molar-refractivity contribution in [1.82, 2.24) is 15.5 Å². The molecule has 0 radical (unpaired) electrons. The van der Waals surface area contributed by atoms with Crippen molar-refractivity contribution in [3.8, 4) is 0 Å². The quantitative estimate of drug-likeness (QED) is 0.705. The van der Waals surface area contributed by atoms with Crippen molar-refractivity contribution < 1.29 is 14.4 Å². The zero-order chi connectivity index (χ0) is 19.0. The monoisotopic (exact) mass is 348 g/mol. The number of carbonyl (C=O) groups is 3. The molecule has 2 atom stereocenters. The van der Waals surface area contributed by atoms with Crippen LogP contribution in [0.2, 0.25) is 0 Å². The number of rotatable bonds is 7. The van der Waals surface area contributed by atoms with Crippen LogP contribution in [0.4, 0.5) is 10.5 Å². The average molecular weight is 348 g/mol. The Balaban J connectivity index is 2.68. The molecule has 0 aromatic heterocycles. The van der Waals surface area contributed by atoms with E-state index in [1.165, 1.54) is 6.92 Å². The normalized spacial score (nSPS) is 12.7. The molecule has 7 heteroatoms. The van der Waals surface area contributed by atoms with Gasteiger partial charge in [0.2, 0.25) is 11.8 Å². The Kier molecular flexibility index (Phi) is 7.91. The van der Waals surface area contributed by atoms with Crippen LogP contribution in [0.5, 0.6) is 0 Å². The lowest BCUT2D eigenvalue weighted by molar-refractivity contribution is -0.128. The molecule has 0 saturated carbocycles. The second-order valence-corrected chi connectivity index (χ2v) is 6.17. The third kappa shape index (κ3) is 6.82. The minimum Gasteiger partial charge on any atom is -0.352 e. The fraction of sp³-hybridized carbons (Fsp3) is 0.500. The first-order valence-electron chi connectivity index (χ1n) is 8.42. The first-order chi connectivity index (χ1) is 11.7. The van der Waals surface area contributed by atoms with Crippen LogP contribution in [-0.4, -0.2) is 41.9 Å². The van der Waals surface area contributed by atoms with Crippen LogP contribution in [0.3, 0.4) is 0 Å². The van der Waals surface area contributed by atoms with Gasteiger partial charge in [-0.05, 0) is 31.9 Å². The predicted molar refractivity (Wildman–Crippen MR) is 98.1 cm³/mol. The molecule has 0 aliphatic heterocycles. The summed E-state index contributed by atoms with van der Waals surface area (Å²) in [7, 11) is 1.69. The van der Waals surface area contributed by atoms with Crippen molar-refractivity contribution in [3.05, 3.63) is 29.8 Å². The van der Waals surface area contributed by atoms with E-state index in [1.54, 1.807) is 31.0 Å². The number of hydrogen-bond acceptors (Lipinski definition) is 3. The lowest BCUT2D eigenvalue weighted by atomic mass is 10.1. The van der Waals surface area contributed by atoms with E-state index in [4.69, 9.17) is 0 Å². The van der Waals surface area contributed by atoms with E-state index in [0.29, 0.717) is 12.2 Å². The summed E-state index contributed by atoms with van der Waals surface area (Å²) in [6.07, 6.45) is 0.821. The Morgan fingerprint density at radius 3 is 2.36 bits per heavy atom. The molecule has 0 bridgehead atoms. The second kappa shape index (κ2) is 9.66. The Hall–Kier alpha value is -2.57. The smallest absolute Gasteiger partial charge is 0.319 e. The van der Waals surface area contributed by atoms with Gasteiger partial charge in [-0.15, -0.1) is 0 Å². The highest BCUT2D eigenvalue weighted by atomic mass is 16.2. The molecule has 0 aliphatic carbocycles. The molecule has 0 aliphatic rings. The third-order valence-corrected chi connectivity index (χ3v) is 3.95. The maximum absolute atomic E-state index is 12.2. The molecule has 7 nitrogen and oxygen atoms in total. The van der Waals surface area contributed by atoms with E-state index in [9.17, 15) is 14.4 Å². The molecule has 0 heterocycles. The minimum atomic E-state index is -0.652. The average Bonchev–Trinajstić information content (AvgIpc) is 2.55. The molecular weight excluding hydrogens is 320 g/mol. The van der Waals surface area contributed by atoms with Crippen molar-refractivity contribution in [2.24, 2.45) is 0 Å². The standard InChI is InChI=1S/C18H28N4O3/c1-6-12(2)19-17(24)13(3)20-18(25)21-16-10-8-7-9-15(16)11-22(5)14(4)23/h7-10,12-13H,6,11H2,1-5H3,(H,19,24)(H2,20,21,25). The van der Waals surface area contributed by atoms with Gasteiger partial charge in [0, 0.05) is 32.2 Å². The molecule has 0 saturated heterocycles. The van der Waals surface area contributed by atoms with E-state index in [0.717, 1.165) is 12.0 Å². The molecule has 0 spiro atoms. The number of nitrogens with zero attached hydrogens (tertiary/aromatic N) is 1. The molecule has 2 unspecified atom stereocenters. The van der Waals surface area contributed by atoms with Gasteiger partial charge in [0.05, 0.1) is 0 Å². The van der Waals surface area contributed by atoms with Crippen molar-refractivity contribution in [3.63, 3.8) is 0 Å². The van der Waals surface area contributed by atoms with Gasteiger partial charge in [-0.3, -0.25) is 9.59 Å². The number of anilines is 1. The lowest BCUT2D eigenvalue weighted by Gasteiger charge is -2.20. The zero-order valence-corrected chi connectivity index (χ0v) is 15.6.